The van der Waals surface area contributed by atoms with Gasteiger partial charge >= 0.3 is 12.1 Å². The van der Waals surface area contributed by atoms with Crippen LogP contribution in [0.4, 0.5) is 10.5 Å². The van der Waals surface area contributed by atoms with E-state index in [1.807, 2.05) is 0 Å². The largest absolute Gasteiger partial charge is 0.460 e. The zero-order valence-corrected chi connectivity index (χ0v) is 17.4. The van der Waals surface area contributed by atoms with Crippen LogP contribution in [0.15, 0.2) is 24.5 Å². The number of amides is 1. The van der Waals surface area contributed by atoms with Crippen LogP contribution in [0, 0.1) is 0 Å². The van der Waals surface area contributed by atoms with Crippen molar-refractivity contribution in [1.82, 2.24) is 9.97 Å². The Morgan fingerprint density at radius 1 is 1.00 bits per heavy atom. The average Bonchev–Trinajstić information content (AvgIpc) is 3.37. The standard InChI is InChI=1S/C23H27N3O4/c1-14(2)29-22(27)19(13-20-24-10-5-11-25-20)30-23(28)26-21-17-8-3-6-15(17)12-16-7-4-9-18(16)21/h5,10-12,14,19H,3-4,6-9,13H2,1-2H3,(H,26,28)/t19-/m0/s1. The lowest BCUT2D eigenvalue weighted by molar-refractivity contribution is -0.157. The molecule has 30 heavy (non-hydrogen) atoms. The van der Waals surface area contributed by atoms with Crippen LogP contribution in [0.3, 0.4) is 0 Å². The Labute approximate surface area is 176 Å². The van der Waals surface area contributed by atoms with Gasteiger partial charge in [-0.1, -0.05) is 6.07 Å². The third-order valence-electron chi connectivity index (χ3n) is 5.55. The van der Waals surface area contributed by atoms with Crippen LogP contribution < -0.4 is 5.32 Å². The molecule has 1 atom stereocenters. The van der Waals surface area contributed by atoms with E-state index >= 15 is 0 Å². The zero-order valence-electron chi connectivity index (χ0n) is 17.4. The number of carbonyl (C=O) groups excluding carboxylic acids is 2. The van der Waals surface area contributed by atoms with Crippen molar-refractivity contribution >= 4 is 17.7 Å². The predicted octanol–water partition coefficient (Wildman–Crippen LogP) is 3.57. The van der Waals surface area contributed by atoms with Crippen LogP contribution in [0.25, 0.3) is 0 Å². The molecule has 0 spiro atoms. The topological polar surface area (TPSA) is 90.4 Å². The Morgan fingerprint density at radius 3 is 2.23 bits per heavy atom. The van der Waals surface area contributed by atoms with Crippen molar-refractivity contribution in [2.24, 2.45) is 0 Å². The first-order chi connectivity index (χ1) is 14.5. The van der Waals surface area contributed by atoms with E-state index in [-0.39, 0.29) is 12.5 Å². The number of aryl methyl sites for hydroxylation is 2. The molecule has 0 aliphatic heterocycles. The van der Waals surface area contributed by atoms with Gasteiger partial charge in [-0.05, 0) is 80.7 Å². The highest BCUT2D eigenvalue weighted by molar-refractivity contribution is 5.90. The van der Waals surface area contributed by atoms with Gasteiger partial charge in [-0.25, -0.2) is 19.6 Å². The maximum Gasteiger partial charge on any atom is 0.412 e. The summed E-state index contributed by atoms with van der Waals surface area (Å²) in [5, 5.41) is 2.96. The molecule has 1 heterocycles. The Morgan fingerprint density at radius 2 is 1.63 bits per heavy atom. The number of anilines is 1. The fraction of sp³-hybridized carbons (Fsp3) is 0.478. The number of ether oxygens (including phenoxy) is 2. The quantitative estimate of drug-likeness (QED) is 0.734. The average molecular weight is 409 g/mol. The van der Waals surface area contributed by atoms with Crippen molar-refractivity contribution in [2.45, 2.75) is 71.0 Å². The van der Waals surface area contributed by atoms with E-state index in [0.29, 0.717) is 5.82 Å². The van der Waals surface area contributed by atoms with Crippen molar-refractivity contribution in [3.8, 4) is 0 Å². The molecule has 0 saturated heterocycles. The zero-order chi connectivity index (χ0) is 21.1. The first-order valence-electron chi connectivity index (χ1n) is 10.6. The van der Waals surface area contributed by atoms with E-state index in [0.717, 1.165) is 44.2 Å². The van der Waals surface area contributed by atoms with Crippen molar-refractivity contribution in [1.29, 1.82) is 0 Å². The first kappa shape index (κ1) is 20.3. The van der Waals surface area contributed by atoms with Gasteiger partial charge in [0.1, 0.15) is 5.82 Å². The van der Waals surface area contributed by atoms with Gasteiger partial charge in [-0.2, -0.15) is 0 Å². The van der Waals surface area contributed by atoms with E-state index in [1.165, 1.54) is 22.3 Å². The number of aromatic nitrogens is 2. The fourth-order valence-electron chi connectivity index (χ4n) is 4.31. The monoisotopic (exact) mass is 409 g/mol. The molecule has 0 bridgehead atoms. The molecule has 1 aromatic carbocycles. The summed E-state index contributed by atoms with van der Waals surface area (Å²) in [4.78, 5) is 33.6. The molecule has 2 aliphatic rings. The molecule has 1 amide bonds. The summed E-state index contributed by atoms with van der Waals surface area (Å²) < 4.78 is 10.8. The molecule has 2 aromatic rings. The van der Waals surface area contributed by atoms with Gasteiger partial charge in [-0.3, -0.25) is 5.32 Å². The number of hydrogen-bond acceptors (Lipinski definition) is 6. The Bertz CT molecular complexity index is 911. The number of hydrogen-bond donors (Lipinski definition) is 1. The lowest BCUT2D eigenvalue weighted by atomic mass is 9.99. The molecule has 0 unspecified atom stereocenters. The lowest BCUT2D eigenvalue weighted by Gasteiger charge is -2.20. The van der Waals surface area contributed by atoms with E-state index in [9.17, 15) is 9.59 Å². The van der Waals surface area contributed by atoms with Gasteiger partial charge in [0.15, 0.2) is 0 Å². The summed E-state index contributed by atoms with van der Waals surface area (Å²) >= 11 is 0. The molecular formula is C23H27N3O4. The van der Waals surface area contributed by atoms with E-state index < -0.39 is 18.2 Å². The van der Waals surface area contributed by atoms with Crippen molar-refractivity contribution in [3.63, 3.8) is 0 Å². The van der Waals surface area contributed by atoms with Crippen LogP contribution in [0.1, 0.15) is 54.8 Å². The maximum absolute atomic E-state index is 12.8. The maximum atomic E-state index is 12.8. The normalized spacial score (nSPS) is 15.4. The highest BCUT2D eigenvalue weighted by Crippen LogP contribution is 2.38. The molecule has 1 N–H and O–H groups in total. The number of benzene rings is 1. The second-order valence-corrected chi connectivity index (χ2v) is 8.11. The third kappa shape index (κ3) is 4.45. The molecular weight excluding hydrogens is 382 g/mol. The smallest absolute Gasteiger partial charge is 0.412 e. The minimum Gasteiger partial charge on any atom is -0.460 e. The van der Waals surface area contributed by atoms with Crippen LogP contribution in [-0.2, 0) is 46.4 Å². The van der Waals surface area contributed by atoms with Gasteiger partial charge in [0.25, 0.3) is 0 Å². The molecule has 2 aliphatic carbocycles. The summed E-state index contributed by atoms with van der Waals surface area (Å²) in [6.45, 7) is 3.51. The van der Waals surface area contributed by atoms with Crippen LogP contribution in [0.2, 0.25) is 0 Å². The SMILES string of the molecule is CC(C)OC(=O)[C@H](Cc1ncccn1)OC(=O)Nc1c2c(cc3c1CCC3)CCC2. The number of nitrogens with one attached hydrogen (secondary N) is 1. The molecule has 4 rings (SSSR count). The minimum absolute atomic E-state index is 0.0603. The third-order valence-corrected chi connectivity index (χ3v) is 5.55. The van der Waals surface area contributed by atoms with Gasteiger partial charge in [0.2, 0.25) is 6.10 Å². The number of nitrogens with zero attached hydrogens (tertiary/aromatic N) is 2. The molecule has 1 aromatic heterocycles. The van der Waals surface area contributed by atoms with Crippen LogP contribution in [-0.4, -0.2) is 34.2 Å². The molecule has 0 fully saturated rings. The number of fused-ring (bicyclic) bond motifs is 2. The molecule has 7 nitrogen and oxygen atoms in total. The van der Waals surface area contributed by atoms with Crippen molar-refractivity contribution in [2.75, 3.05) is 5.32 Å². The number of esters is 1. The lowest BCUT2D eigenvalue weighted by Crippen LogP contribution is -2.35. The van der Waals surface area contributed by atoms with E-state index in [2.05, 4.69) is 21.4 Å². The van der Waals surface area contributed by atoms with Gasteiger partial charge in [-0.15, -0.1) is 0 Å². The number of rotatable bonds is 6. The molecule has 158 valence electrons. The summed E-state index contributed by atoms with van der Waals surface area (Å²) in [7, 11) is 0. The predicted molar refractivity (Wildman–Crippen MR) is 111 cm³/mol. The molecule has 0 saturated carbocycles. The minimum atomic E-state index is -1.11. The van der Waals surface area contributed by atoms with Crippen molar-refractivity contribution < 1.29 is 19.1 Å². The Kier molecular flexibility index (Phi) is 5.97. The van der Waals surface area contributed by atoms with E-state index in [1.54, 1.807) is 32.3 Å². The van der Waals surface area contributed by atoms with Crippen LogP contribution in [0.5, 0.6) is 0 Å². The molecule has 7 heteroatoms. The van der Waals surface area contributed by atoms with Gasteiger partial charge < -0.3 is 9.47 Å². The summed E-state index contributed by atoms with van der Waals surface area (Å²) in [5.74, 6) is -0.186. The van der Waals surface area contributed by atoms with Crippen molar-refractivity contribution in [3.05, 3.63) is 52.6 Å². The second-order valence-electron chi connectivity index (χ2n) is 8.11. The Hall–Kier alpha value is -2.96. The first-order valence-corrected chi connectivity index (χ1v) is 10.6. The van der Waals surface area contributed by atoms with Crippen LogP contribution >= 0.6 is 0 Å². The number of carbonyl (C=O) groups is 2. The van der Waals surface area contributed by atoms with E-state index in [4.69, 9.17) is 9.47 Å². The summed E-state index contributed by atoms with van der Waals surface area (Å²) in [5.41, 5.74) is 5.94. The fourth-order valence-corrected chi connectivity index (χ4v) is 4.31. The Balaban J connectivity index is 1.53. The highest BCUT2D eigenvalue weighted by Gasteiger charge is 2.29. The van der Waals surface area contributed by atoms with Gasteiger partial charge in [0.05, 0.1) is 18.2 Å². The highest BCUT2D eigenvalue weighted by atomic mass is 16.6. The van der Waals surface area contributed by atoms with Gasteiger partial charge in [0, 0.05) is 12.4 Å². The molecule has 0 radical (unpaired) electrons. The summed E-state index contributed by atoms with van der Waals surface area (Å²) in [6.07, 6.45) is 7.34. The second kappa shape index (κ2) is 8.81. The summed E-state index contributed by atoms with van der Waals surface area (Å²) in [6, 6.07) is 3.99.